The minimum absolute atomic E-state index is 0.674. The Kier molecular flexibility index (Phi) is 4.37. The lowest BCUT2D eigenvalue weighted by atomic mass is 9.70. The highest BCUT2D eigenvalue weighted by Gasteiger charge is 2.54. The number of hydrogen-bond donors (Lipinski definition) is 0. The zero-order valence-electron chi connectivity index (χ0n) is 14.8. The fourth-order valence-corrected chi connectivity index (χ4v) is 4.94. The van der Waals surface area contributed by atoms with Gasteiger partial charge in [0.2, 0.25) is 0 Å². The summed E-state index contributed by atoms with van der Waals surface area (Å²) < 4.78 is 0. The second-order valence-corrected chi connectivity index (χ2v) is 8.53. The van der Waals surface area contributed by atoms with Crippen molar-refractivity contribution in [3.05, 3.63) is 0 Å². The molecule has 0 radical (unpaired) electrons. The van der Waals surface area contributed by atoms with Crippen molar-refractivity contribution in [2.24, 2.45) is 11.3 Å². The van der Waals surface area contributed by atoms with E-state index in [1.165, 1.54) is 52.1 Å². The van der Waals surface area contributed by atoms with Gasteiger partial charge in [0.05, 0.1) is 0 Å². The molecule has 0 N–H and O–H groups in total. The second-order valence-electron chi connectivity index (χ2n) is 8.53. The van der Waals surface area contributed by atoms with Crippen LogP contribution in [0, 0.1) is 11.3 Å². The summed E-state index contributed by atoms with van der Waals surface area (Å²) in [7, 11) is 0. The molecular weight excluding hydrogens is 258 g/mol. The highest BCUT2D eigenvalue weighted by Crippen LogP contribution is 2.43. The molecule has 3 heteroatoms. The number of rotatable bonds is 4. The molecule has 3 saturated heterocycles. The third kappa shape index (κ3) is 2.89. The largest absolute Gasteiger partial charge is 0.300 e. The highest BCUT2D eigenvalue weighted by atomic mass is 15.3. The molecule has 1 spiro atoms. The van der Waals surface area contributed by atoms with Crippen molar-refractivity contribution in [1.82, 2.24) is 14.7 Å². The lowest BCUT2D eigenvalue weighted by Gasteiger charge is -2.64. The van der Waals surface area contributed by atoms with Crippen LogP contribution in [0.3, 0.4) is 0 Å². The van der Waals surface area contributed by atoms with Gasteiger partial charge < -0.3 is 4.90 Å². The molecule has 122 valence electrons. The molecule has 0 aliphatic carbocycles. The average Bonchev–Trinajstić information content (AvgIpc) is 2.31. The van der Waals surface area contributed by atoms with E-state index in [4.69, 9.17) is 0 Å². The van der Waals surface area contributed by atoms with Crippen LogP contribution in [0.4, 0.5) is 0 Å². The van der Waals surface area contributed by atoms with Crippen molar-refractivity contribution in [1.29, 1.82) is 0 Å². The topological polar surface area (TPSA) is 9.72 Å². The van der Waals surface area contributed by atoms with E-state index < -0.39 is 0 Å². The van der Waals surface area contributed by atoms with E-state index in [-0.39, 0.29) is 0 Å². The van der Waals surface area contributed by atoms with E-state index in [9.17, 15) is 0 Å². The maximum absolute atomic E-state index is 2.81. The van der Waals surface area contributed by atoms with Gasteiger partial charge in [0.25, 0.3) is 0 Å². The van der Waals surface area contributed by atoms with E-state index in [0.29, 0.717) is 5.41 Å². The van der Waals surface area contributed by atoms with E-state index in [1.54, 1.807) is 0 Å². The first-order chi connectivity index (χ1) is 9.94. The first-order valence-electron chi connectivity index (χ1n) is 9.16. The van der Waals surface area contributed by atoms with Crippen LogP contribution in [0.25, 0.3) is 0 Å². The van der Waals surface area contributed by atoms with Gasteiger partial charge in [0.15, 0.2) is 0 Å². The summed E-state index contributed by atoms with van der Waals surface area (Å²) in [6.45, 7) is 19.9. The molecule has 3 nitrogen and oxygen atoms in total. The van der Waals surface area contributed by atoms with Crippen LogP contribution in [-0.2, 0) is 0 Å². The fraction of sp³-hybridized carbons (Fsp3) is 1.00. The van der Waals surface area contributed by atoms with Gasteiger partial charge >= 0.3 is 0 Å². The average molecular weight is 293 g/mol. The Morgan fingerprint density at radius 3 is 2.33 bits per heavy atom. The van der Waals surface area contributed by atoms with Crippen molar-refractivity contribution in [3.63, 3.8) is 0 Å². The number of likely N-dealkylation sites (tertiary alicyclic amines) is 3. The Bertz CT molecular complexity index is 353. The van der Waals surface area contributed by atoms with Crippen LogP contribution in [0.1, 0.15) is 47.5 Å². The van der Waals surface area contributed by atoms with Gasteiger partial charge in [0, 0.05) is 56.3 Å². The number of hydrogen-bond acceptors (Lipinski definition) is 3. The Morgan fingerprint density at radius 2 is 1.76 bits per heavy atom. The summed E-state index contributed by atoms with van der Waals surface area (Å²) in [6, 6.07) is 2.35. The van der Waals surface area contributed by atoms with Crippen LogP contribution in [-0.4, -0.2) is 72.1 Å². The number of piperidine rings is 1. The first-order valence-corrected chi connectivity index (χ1v) is 9.16. The molecule has 0 aromatic carbocycles. The summed E-state index contributed by atoms with van der Waals surface area (Å²) in [5, 5.41) is 0. The Morgan fingerprint density at radius 1 is 1.10 bits per heavy atom. The molecule has 0 aromatic rings. The van der Waals surface area contributed by atoms with Gasteiger partial charge in [0.1, 0.15) is 0 Å². The highest BCUT2D eigenvalue weighted by molar-refractivity contribution is 5.08. The van der Waals surface area contributed by atoms with Crippen molar-refractivity contribution >= 4 is 0 Å². The van der Waals surface area contributed by atoms with Crippen LogP contribution in [0.15, 0.2) is 0 Å². The van der Waals surface area contributed by atoms with Crippen LogP contribution >= 0.6 is 0 Å². The lowest BCUT2D eigenvalue weighted by Crippen LogP contribution is -2.75. The summed E-state index contributed by atoms with van der Waals surface area (Å²) in [5.41, 5.74) is 0.674. The van der Waals surface area contributed by atoms with E-state index >= 15 is 0 Å². The Balaban J connectivity index is 1.49. The minimum Gasteiger partial charge on any atom is -0.300 e. The van der Waals surface area contributed by atoms with Gasteiger partial charge in [-0.05, 0) is 46.1 Å². The van der Waals surface area contributed by atoms with Crippen molar-refractivity contribution in [2.45, 2.75) is 65.6 Å². The van der Waals surface area contributed by atoms with Crippen molar-refractivity contribution < 1.29 is 0 Å². The SMILES string of the molecule is CCCN1C[C@@H](C)C(N2CC3(CN(C(C)C)C3)C2)C[C@H]1C. The maximum Gasteiger partial charge on any atom is 0.0212 e. The van der Waals surface area contributed by atoms with Crippen LogP contribution in [0.2, 0.25) is 0 Å². The lowest BCUT2D eigenvalue weighted by molar-refractivity contribution is -0.154. The van der Waals surface area contributed by atoms with Crippen molar-refractivity contribution in [2.75, 3.05) is 39.3 Å². The predicted octanol–water partition coefficient (Wildman–Crippen LogP) is 2.52. The van der Waals surface area contributed by atoms with Gasteiger partial charge in [-0.1, -0.05) is 13.8 Å². The molecule has 3 atom stereocenters. The minimum atomic E-state index is 0.674. The summed E-state index contributed by atoms with van der Waals surface area (Å²) >= 11 is 0. The smallest absolute Gasteiger partial charge is 0.0212 e. The first kappa shape index (κ1) is 15.8. The van der Waals surface area contributed by atoms with Crippen LogP contribution < -0.4 is 0 Å². The van der Waals surface area contributed by atoms with Gasteiger partial charge in [-0.3, -0.25) is 9.80 Å². The van der Waals surface area contributed by atoms with E-state index in [2.05, 4.69) is 49.3 Å². The quantitative estimate of drug-likeness (QED) is 0.788. The molecule has 3 aliphatic rings. The zero-order valence-corrected chi connectivity index (χ0v) is 14.8. The normalized spacial score (nSPS) is 37.7. The second kappa shape index (κ2) is 5.82. The molecule has 0 saturated carbocycles. The zero-order chi connectivity index (χ0) is 15.2. The van der Waals surface area contributed by atoms with Gasteiger partial charge in [-0.2, -0.15) is 0 Å². The monoisotopic (exact) mass is 293 g/mol. The third-order valence-corrected chi connectivity index (χ3v) is 6.25. The Hall–Kier alpha value is -0.120. The molecule has 1 unspecified atom stereocenters. The molecule has 3 heterocycles. The van der Waals surface area contributed by atoms with Crippen molar-refractivity contribution in [3.8, 4) is 0 Å². The number of nitrogens with zero attached hydrogens (tertiary/aromatic N) is 3. The molecule has 3 fully saturated rings. The molecule has 3 rings (SSSR count). The predicted molar refractivity (Wildman–Crippen MR) is 89.6 cm³/mol. The van der Waals surface area contributed by atoms with Gasteiger partial charge in [-0.15, -0.1) is 0 Å². The fourth-order valence-electron chi connectivity index (χ4n) is 4.94. The van der Waals surface area contributed by atoms with E-state index in [1.807, 2.05) is 0 Å². The third-order valence-electron chi connectivity index (χ3n) is 6.25. The maximum atomic E-state index is 2.81. The molecule has 0 aromatic heterocycles. The summed E-state index contributed by atoms with van der Waals surface area (Å²) in [4.78, 5) is 8.15. The van der Waals surface area contributed by atoms with Gasteiger partial charge in [-0.25, -0.2) is 0 Å². The molecule has 3 aliphatic heterocycles. The standard InChI is InChI=1S/C18H35N3/c1-6-7-19-9-15(4)17(8-16(19)5)21-12-18(13-21)10-20(11-18)14(2)3/h14-17H,6-13H2,1-5H3/t15-,16-,17?/m1/s1. The van der Waals surface area contributed by atoms with Crippen LogP contribution in [0.5, 0.6) is 0 Å². The van der Waals surface area contributed by atoms with E-state index in [0.717, 1.165) is 24.0 Å². The molecular formula is C18H35N3. The summed E-state index contributed by atoms with van der Waals surface area (Å²) in [5.74, 6) is 0.839. The molecule has 21 heavy (non-hydrogen) atoms. The molecule has 0 amide bonds. The molecule has 0 bridgehead atoms. The Labute approximate surface area is 131 Å². The summed E-state index contributed by atoms with van der Waals surface area (Å²) in [6.07, 6.45) is 2.67.